The summed E-state index contributed by atoms with van der Waals surface area (Å²) < 4.78 is 11.1. The molecule has 0 bridgehead atoms. The Hall–Kier alpha value is -2.08. The smallest absolute Gasteiger partial charge is 0.307 e. The van der Waals surface area contributed by atoms with Gasteiger partial charge in [-0.3, -0.25) is 9.59 Å². The standard InChI is InChI=1S/C16H16BrNO4/c1-11(16(20)18-13-5-2-4-12(17)10-13)22-15(19)8-7-14-6-3-9-21-14/h2-6,9-11H,7-8H2,1H3,(H,18,20)/t11-/m0/s1. The fourth-order valence-corrected chi connectivity index (χ4v) is 2.20. The van der Waals surface area contributed by atoms with Crippen LogP contribution in [0.1, 0.15) is 19.1 Å². The van der Waals surface area contributed by atoms with E-state index in [4.69, 9.17) is 9.15 Å². The van der Waals surface area contributed by atoms with Crippen molar-refractivity contribution < 1.29 is 18.7 Å². The molecule has 0 spiro atoms. The summed E-state index contributed by atoms with van der Waals surface area (Å²) in [7, 11) is 0. The van der Waals surface area contributed by atoms with Gasteiger partial charge >= 0.3 is 5.97 Å². The number of rotatable bonds is 6. The first-order valence-electron chi connectivity index (χ1n) is 6.83. The number of carbonyl (C=O) groups is 2. The highest BCUT2D eigenvalue weighted by Crippen LogP contribution is 2.16. The van der Waals surface area contributed by atoms with Gasteiger partial charge in [-0.05, 0) is 37.3 Å². The van der Waals surface area contributed by atoms with Crippen LogP contribution in [0.4, 0.5) is 5.69 Å². The minimum absolute atomic E-state index is 0.169. The summed E-state index contributed by atoms with van der Waals surface area (Å²) in [6.07, 6.45) is 1.31. The lowest BCUT2D eigenvalue weighted by Crippen LogP contribution is -2.30. The Morgan fingerprint density at radius 3 is 2.82 bits per heavy atom. The van der Waals surface area contributed by atoms with Gasteiger partial charge in [0, 0.05) is 16.6 Å². The van der Waals surface area contributed by atoms with Crippen LogP contribution in [0.2, 0.25) is 0 Å². The highest BCUT2D eigenvalue weighted by molar-refractivity contribution is 9.10. The topological polar surface area (TPSA) is 68.5 Å². The van der Waals surface area contributed by atoms with Crippen LogP contribution in [0.15, 0.2) is 51.6 Å². The summed E-state index contributed by atoms with van der Waals surface area (Å²) >= 11 is 3.32. The summed E-state index contributed by atoms with van der Waals surface area (Å²) in [5.74, 6) is -0.0964. The molecular formula is C16H16BrNO4. The molecule has 1 heterocycles. The van der Waals surface area contributed by atoms with Gasteiger partial charge in [0.25, 0.3) is 5.91 Å². The van der Waals surface area contributed by atoms with Crippen molar-refractivity contribution in [2.75, 3.05) is 5.32 Å². The number of carbonyl (C=O) groups excluding carboxylic acids is 2. The average Bonchev–Trinajstić information content (AvgIpc) is 2.98. The van der Waals surface area contributed by atoms with Crippen LogP contribution in [-0.2, 0) is 20.7 Å². The van der Waals surface area contributed by atoms with E-state index in [0.29, 0.717) is 17.9 Å². The Morgan fingerprint density at radius 1 is 1.32 bits per heavy atom. The van der Waals surface area contributed by atoms with E-state index < -0.39 is 12.1 Å². The fourth-order valence-electron chi connectivity index (χ4n) is 1.80. The molecule has 0 fully saturated rings. The van der Waals surface area contributed by atoms with E-state index in [1.54, 1.807) is 36.6 Å². The molecule has 1 amide bonds. The molecule has 2 rings (SSSR count). The Labute approximate surface area is 136 Å². The molecule has 1 aromatic carbocycles. The zero-order valence-electron chi connectivity index (χ0n) is 12.0. The van der Waals surface area contributed by atoms with Crippen LogP contribution in [-0.4, -0.2) is 18.0 Å². The van der Waals surface area contributed by atoms with Crippen LogP contribution in [0.3, 0.4) is 0 Å². The molecular weight excluding hydrogens is 350 g/mol. The molecule has 0 saturated carbocycles. The third-order valence-corrected chi connectivity index (χ3v) is 3.42. The lowest BCUT2D eigenvalue weighted by molar-refractivity contribution is -0.153. The van der Waals surface area contributed by atoms with Crippen LogP contribution >= 0.6 is 15.9 Å². The summed E-state index contributed by atoms with van der Waals surface area (Å²) in [4.78, 5) is 23.7. The van der Waals surface area contributed by atoms with Crippen LogP contribution in [0.25, 0.3) is 0 Å². The van der Waals surface area contributed by atoms with E-state index in [1.807, 2.05) is 6.07 Å². The number of ether oxygens (including phenoxy) is 1. The molecule has 5 nitrogen and oxygen atoms in total. The van der Waals surface area contributed by atoms with Crippen molar-refractivity contribution in [1.29, 1.82) is 0 Å². The quantitative estimate of drug-likeness (QED) is 0.794. The van der Waals surface area contributed by atoms with Gasteiger partial charge in [-0.2, -0.15) is 0 Å². The number of hydrogen-bond acceptors (Lipinski definition) is 4. The lowest BCUT2D eigenvalue weighted by atomic mass is 10.2. The number of esters is 1. The number of nitrogens with one attached hydrogen (secondary N) is 1. The molecule has 0 unspecified atom stereocenters. The number of anilines is 1. The first kappa shape index (κ1) is 16.3. The number of hydrogen-bond donors (Lipinski definition) is 1. The zero-order chi connectivity index (χ0) is 15.9. The van der Waals surface area contributed by atoms with Crippen molar-refractivity contribution in [1.82, 2.24) is 0 Å². The van der Waals surface area contributed by atoms with E-state index in [9.17, 15) is 9.59 Å². The number of benzene rings is 1. The third kappa shape index (κ3) is 5.04. The average molecular weight is 366 g/mol. The SMILES string of the molecule is C[C@H](OC(=O)CCc1ccco1)C(=O)Nc1cccc(Br)c1. The summed E-state index contributed by atoms with van der Waals surface area (Å²) in [6.45, 7) is 1.54. The van der Waals surface area contributed by atoms with Gasteiger partial charge in [0.05, 0.1) is 12.7 Å². The number of halogens is 1. The predicted octanol–water partition coefficient (Wildman–Crippen LogP) is 3.55. The molecule has 1 atom stereocenters. The molecule has 0 aliphatic heterocycles. The molecule has 0 aliphatic rings. The van der Waals surface area contributed by atoms with Gasteiger partial charge in [-0.25, -0.2) is 0 Å². The zero-order valence-corrected chi connectivity index (χ0v) is 13.6. The molecule has 0 aliphatic carbocycles. The maximum absolute atomic E-state index is 12.0. The molecule has 0 saturated heterocycles. The Kier molecular flexibility index (Phi) is 5.77. The van der Waals surface area contributed by atoms with Gasteiger partial charge in [0.15, 0.2) is 6.10 Å². The largest absolute Gasteiger partial charge is 0.469 e. The summed E-state index contributed by atoms with van der Waals surface area (Å²) in [5.41, 5.74) is 0.637. The first-order chi connectivity index (χ1) is 10.5. The minimum Gasteiger partial charge on any atom is -0.469 e. The third-order valence-electron chi connectivity index (χ3n) is 2.93. The Bertz CT molecular complexity index is 639. The van der Waals surface area contributed by atoms with Gasteiger partial charge in [0.1, 0.15) is 5.76 Å². The van der Waals surface area contributed by atoms with E-state index in [2.05, 4.69) is 21.2 Å². The first-order valence-corrected chi connectivity index (χ1v) is 7.62. The normalized spacial score (nSPS) is 11.7. The summed E-state index contributed by atoms with van der Waals surface area (Å²) in [5, 5.41) is 2.69. The number of furan rings is 1. The van der Waals surface area contributed by atoms with E-state index in [0.717, 1.165) is 4.47 Å². The Morgan fingerprint density at radius 2 is 2.14 bits per heavy atom. The molecule has 1 N–H and O–H groups in total. The maximum atomic E-state index is 12.0. The lowest BCUT2D eigenvalue weighted by Gasteiger charge is -2.13. The van der Waals surface area contributed by atoms with Crippen LogP contribution in [0.5, 0.6) is 0 Å². The highest BCUT2D eigenvalue weighted by atomic mass is 79.9. The van der Waals surface area contributed by atoms with Crippen LogP contribution < -0.4 is 5.32 Å². The van der Waals surface area contributed by atoms with E-state index in [1.165, 1.54) is 6.92 Å². The number of aryl methyl sites for hydroxylation is 1. The Balaban J connectivity index is 1.79. The van der Waals surface area contributed by atoms with E-state index >= 15 is 0 Å². The highest BCUT2D eigenvalue weighted by Gasteiger charge is 2.18. The van der Waals surface area contributed by atoms with Gasteiger partial charge in [-0.15, -0.1) is 0 Å². The van der Waals surface area contributed by atoms with Crippen molar-refractivity contribution >= 4 is 33.5 Å². The van der Waals surface area contributed by atoms with Crippen molar-refractivity contribution in [3.05, 3.63) is 52.9 Å². The molecule has 116 valence electrons. The van der Waals surface area contributed by atoms with Crippen LogP contribution in [0, 0.1) is 0 Å². The second kappa shape index (κ2) is 7.79. The van der Waals surface area contributed by atoms with Gasteiger partial charge in [0.2, 0.25) is 0 Å². The van der Waals surface area contributed by atoms with E-state index in [-0.39, 0.29) is 12.3 Å². The van der Waals surface area contributed by atoms with Crippen molar-refractivity contribution in [3.8, 4) is 0 Å². The minimum atomic E-state index is -0.858. The molecule has 6 heteroatoms. The maximum Gasteiger partial charge on any atom is 0.307 e. The summed E-state index contributed by atoms with van der Waals surface area (Å²) in [6, 6.07) is 10.7. The van der Waals surface area contributed by atoms with Gasteiger partial charge in [-0.1, -0.05) is 22.0 Å². The van der Waals surface area contributed by atoms with Crippen molar-refractivity contribution in [2.45, 2.75) is 25.9 Å². The monoisotopic (exact) mass is 365 g/mol. The van der Waals surface area contributed by atoms with Crippen molar-refractivity contribution in [2.24, 2.45) is 0 Å². The second-order valence-corrected chi connectivity index (χ2v) is 5.63. The fraction of sp³-hybridized carbons (Fsp3) is 0.250. The number of amides is 1. The second-order valence-electron chi connectivity index (χ2n) is 4.71. The van der Waals surface area contributed by atoms with Gasteiger partial charge < -0.3 is 14.5 Å². The predicted molar refractivity (Wildman–Crippen MR) is 85.4 cm³/mol. The molecule has 22 heavy (non-hydrogen) atoms. The van der Waals surface area contributed by atoms with Crippen molar-refractivity contribution in [3.63, 3.8) is 0 Å². The molecule has 0 radical (unpaired) electrons. The molecule has 1 aromatic heterocycles. The molecule has 2 aromatic rings.